The van der Waals surface area contributed by atoms with Gasteiger partial charge in [-0.15, -0.1) is 0 Å². The van der Waals surface area contributed by atoms with Crippen LogP contribution in [0.1, 0.15) is 431 Å². The van der Waals surface area contributed by atoms with Crippen molar-refractivity contribution in [3.63, 3.8) is 0 Å². The van der Waals surface area contributed by atoms with Gasteiger partial charge in [-0.2, -0.15) is 0 Å². The van der Waals surface area contributed by atoms with E-state index >= 15 is 0 Å². The third-order valence-electron chi connectivity index (χ3n) is 18.2. The number of hydrogen-bond donors (Lipinski definition) is 3. The molecule has 3 N–H and O–H groups in total. The van der Waals surface area contributed by atoms with Crippen LogP contribution in [0.4, 0.5) is 0 Å². The fourth-order valence-corrected chi connectivity index (χ4v) is 12.3. The average molecular weight is 1200 g/mol. The Bertz CT molecular complexity index is 1380. The summed E-state index contributed by atoms with van der Waals surface area (Å²) in [5.41, 5.74) is 0. The van der Waals surface area contributed by atoms with Gasteiger partial charge in [0.25, 0.3) is 0 Å². The van der Waals surface area contributed by atoms with Gasteiger partial charge in [0.15, 0.2) is 0 Å². The normalized spacial score (nSPS) is 12.7. The minimum absolute atomic E-state index is 0.00487. The Morgan fingerprint density at radius 1 is 0.329 bits per heavy atom. The van der Waals surface area contributed by atoms with Gasteiger partial charge in [-0.1, -0.05) is 371 Å². The summed E-state index contributed by atoms with van der Waals surface area (Å²) in [7, 11) is 0. The van der Waals surface area contributed by atoms with Gasteiger partial charge in [-0.05, 0) is 83.5 Å². The van der Waals surface area contributed by atoms with E-state index in [1.807, 2.05) is 0 Å². The van der Waals surface area contributed by atoms with E-state index in [9.17, 15) is 19.8 Å². The van der Waals surface area contributed by atoms with Crippen molar-refractivity contribution in [1.82, 2.24) is 5.32 Å². The van der Waals surface area contributed by atoms with Crippen molar-refractivity contribution >= 4 is 11.9 Å². The molecule has 0 aliphatic rings. The van der Waals surface area contributed by atoms with Crippen molar-refractivity contribution in [2.75, 3.05) is 13.2 Å². The van der Waals surface area contributed by atoms with Crippen molar-refractivity contribution in [2.24, 2.45) is 0 Å². The zero-order valence-corrected chi connectivity index (χ0v) is 57.6. The minimum Gasteiger partial charge on any atom is -0.466 e. The Labute approximate surface area is 532 Å². The first-order valence-electron chi connectivity index (χ1n) is 38.7. The molecule has 0 saturated heterocycles. The molecule has 0 rings (SSSR count). The summed E-state index contributed by atoms with van der Waals surface area (Å²) in [6.45, 7) is 4.97. The van der Waals surface area contributed by atoms with Crippen molar-refractivity contribution < 1.29 is 24.5 Å². The first-order valence-corrected chi connectivity index (χ1v) is 38.7. The highest BCUT2D eigenvalue weighted by atomic mass is 16.5. The highest BCUT2D eigenvalue weighted by Crippen LogP contribution is 2.19. The van der Waals surface area contributed by atoms with Crippen LogP contribution in [0.15, 0.2) is 36.5 Å². The third-order valence-corrected chi connectivity index (χ3v) is 18.2. The van der Waals surface area contributed by atoms with Crippen LogP contribution in [0.5, 0.6) is 0 Å². The molecular formula is C79H151NO5. The van der Waals surface area contributed by atoms with Gasteiger partial charge in [0.2, 0.25) is 5.91 Å². The van der Waals surface area contributed by atoms with Crippen LogP contribution >= 0.6 is 0 Å². The summed E-state index contributed by atoms with van der Waals surface area (Å²) in [5.74, 6) is -0.0233. The Hall–Kier alpha value is -1.92. The van der Waals surface area contributed by atoms with E-state index in [0.717, 1.165) is 51.4 Å². The number of rotatable bonds is 73. The molecule has 0 bridgehead atoms. The summed E-state index contributed by atoms with van der Waals surface area (Å²) >= 11 is 0. The molecule has 0 aromatic carbocycles. The lowest BCUT2D eigenvalue weighted by molar-refractivity contribution is -0.143. The first-order chi connectivity index (χ1) is 42.0. The van der Waals surface area contributed by atoms with E-state index in [0.29, 0.717) is 25.9 Å². The SMILES string of the molecule is CCCCCC/C=C\C/C=C\CCCCCCCC(=O)OCCCCCCCCCCCCCC/C=C\CCCCCCCCCCCCCCCCCC(=O)NC(CO)C(O)CCCCCCCCCCCCCCCCCCCCCCC. The van der Waals surface area contributed by atoms with Crippen molar-refractivity contribution in [2.45, 2.75) is 443 Å². The summed E-state index contributed by atoms with van der Waals surface area (Å²) < 4.78 is 5.49. The predicted molar refractivity (Wildman–Crippen MR) is 375 cm³/mol. The number of unbranched alkanes of at least 4 members (excludes halogenated alkanes) is 56. The van der Waals surface area contributed by atoms with Gasteiger partial charge in [0.1, 0.15) is 0 Å². The van der Waals surface area contributed by atoms with Gasteiger partial charge in [-0.3, -0.25) is 9.59 Å². The molecule has 0 saturated carbocycles. The zero-order chi connectivity index (χ0) is 61.3. The molecule has 1 amide bonds. The van der Waals surface area contributed by atoms with Gasteiger partial charge in [0.05, 0.1) is 25.4 Å². The molecule has 0 aromatic rings. The number of ether oxygens (including phenoxy) is 1. The predicted octanol–water partition coefficient (Wildman–Crippen LogP) is 25.4. The Morgan fingerprint density at radius 3 is 0.918 bits per heavy atom. The van der Waals surface area contributed by atoms with Crippen LogP contribution in [0.2, 0.25) is 0 Å². The van der Waals surface area contributed by atoms with Crippen molar-refractivity contribution in [1.29, 1.82) is 0 Å². The van der Waals surface area contributed by atoms with E-state index in [4.69, 9.17) is 4.74 Å². The lowest BCUT2D eigenvalue weighted by Crippen LogP contribution is -2.45. The Kier molecular flexibility index (Phi) is 72.9. The number of esters is 1. The van der Waals surface area contributed by atoms with Crippen LogP contribution < -0.4 is 5.32 Å². The monoisotopic (exact) mass is 1190 g/mol. The van der Waals surface area contributed by atoms with Crippen LogP contribution in [0, 0.1) is 0 Å². The molecule has 0 radical (unpaired) electrons. The van der Waals surface area contributed by atoms with Gasteiger partial charge in [0, 0.05) is 12.8 Å². The van der Waals surface area contributed by atoms with Crippen LogP contribution in [-0.4, -0.2) is 47.4 Å². The quantitative estimate of drug-likeness (QED) is 0.0320. The molecule has 85 heavy (non-hydrogen) atoms. The second-order valence-corrected chi connectivity index (χ2v) is 26.7. The summed E-state index contributed by atoms with van der Waals surface area (Å²) in [6, 6.07) is -0.541. The number of aliphatic hydroxyl groups is 2. The van der Waals surface area contributed by atoms with Crippen molar-refractivity contribution in [3.05, 3.63) is 36.5 Å². The molecule has 2 atom stereocenters. The van der Waals surface area contributed by atoms with Crippen molar-refractivity contribution in [3.8, 4) is 0 Å². The fourth-order valence-electron chi connectivity index (χ4n) is 12.3. The average Bonchev–Trinajstić information content (AvgIpc) is 3.51. The fraction of sp³-hybridized carbons (Fsp3) is 0.899. The lowest BCUT2D eigenvalue weighted by atomic mass is 10.0. The van der Waals surface area contributed by atoms with E-state index in [2.05, 4.69) is 55.6 Å². The molecule has 2 unspecified atom stereocenters. The first kappa shape index (κ1) is 83.1. The Morgan fingerprint density at radius 2 is 0.588 bits per heavy atom. The van der Waals surface area contributed by atoms with Gasteiger partial charge < -0.3 is 20.3 Å². The summed E-state index contributed by atoms with van der Waals surface area (Å²) in [4.78, 5) is 24.6. The smallest absolute Gasteiger partial charge is 0.305 e. The standard InChI is InChI=1S/C79H151NO5/c1-3-5-7-9-11-13-15-17-19-21-22-34-37-40-43-47-51-55-59-63-67-71-77(82)76(75-81)80-78(83)72-68-64-60-56-52-48-44-41-38-35-32-30-28-26-24-23-25-27-29-31-33-36-39-42-46-50-54-58-62-66-70-74-85-79(84)73-69-65-61-57-53-49-45-20-18-16-14-12-10-8-6-4-2/h14,16,20,25,27,45,76-77,81-82H,3-13,15,17-19,21-24,26,28-44,46-75H2,1-2H3,(H,80,83)/b16-14-,27-25-,45-20-. The number of carbonyl (C=O) groups is 2. The maximum atomic E-state index is 12.6. The topological polar surface area (TPSA) is 95.9 Å². The zero-order valence-electron chi connectivity index (χ0n) is 57.6. The molecule has 0 heterocycles. The maximum Gasteiger partial charge on any atom is 0.305 e. The van der Waals surface area contributed by atoms with E-state index in [-0.39, 0.29) is 18.5 Å². The van der Waals surface area contributed by atoms with E-state index in [1.165, 1.54) is 347 Å². The molecule has 0 aliphatic heterocycles. The maximum absolute atomic E-state index is 12.6. The largest absolute Gasteiger partial charge is 0.466 e. The molecule has 0 fully saturated rings. The Balaban J connectivity index is 3.37. The summed E-state index contributed by atoms with van der Waals surface area (Å²) in [5, 5.41) is 23.4. The molecule has 6 nitrogen and oxygen atoms in total. The number of nitrogens with one attached hydrogen (secondary N) is 1. The van der Waals surface area contributed by atoms with Gasteiger partial charge >= 0.3 is 5.97 Å². The van der Waals surface area contributed by atoms with Gasteiger partial charge in [-0.25, -0.2) is 0 Å². The van der Waals surface area contributed by atoms with E-state index < -0.39 is 12.1 Å². The summed E-state index contributed by atoms with van der Waals surface area (Å²) in [6.07, 6.45) is 96.5. The molecule has 502 valence electrons. The number of amides is 1. The number of allylic oxidation sites excluding steroid dienone is 6. The molecule has 0 spiro atoms. The lowest BCUT2D eigenvalue weighted by Gasteiger charge is -2.22. The highest BCUT2D eigenvalue weighted by Gasteiger charge is 2.20. The van der Waals surface area contributed by atoms with E-state index in [1.54, 1.807) is 0 Å². The van der Waals surface area contributed by atoms with Crippen LogP contribution in [0.25, 0.3) is 0 Å². The molecule has 0 aromatic heterocycles. The molecule has 6 heteroatoms. The number of hydrogen-bond acceptors (Lipinski definition) is 5. The molecule has 0 aliphatic carbocycles. The highest BCUT2D eigenvalue weighted by molar-refractivity contribution is 5.76. The number of aliphatic hydroxyl groups excluding tert-OH is 2. The minimum atomic E-state index is -0.664. The second kappa shape index (κ2) is 74.5. The van der Waals surface area contributed by atoms with Crippen LogP contribution in [-0.2, 0) is 14.3 Å². The molecular weight excluding hydrogens is 1040 g/mol. The van der Waals surface area contributed by atoms with Crippen LogP contribution in [0.3, 0.4) is 0 Å². The second-order valence-electron chi connectivity index (χ2n) is 26.7. The number of carbonyl (C=O) groups excluding carboxylic acids is 2. The third kappa shape index (κ3) is 71.0.